The summed E-state index contributed by atoms with van der Waals surface area (Å²) in [5.41, 5.74) is 3.36. The van der Waals surface area contributed by atoms with E-state index in [4.69, 9.17) is 4.74 Å². The van der Waals surface area contributed by atoms with Gasteiger partial charge in [-0.2, -0.15) is 0 Å². The van der Waals surface area contributed by atoms with Crippen molar-refractivity contribution >= 4 is 11.8 Å². The fourth-order valence-electron chi connectivity index (χ4n) is 3.20. The van der Waals surface area contributed by atoms with Gasteiger partial charge in [-0.25, -0.2) is 4.79 Å². The van der Waals surface area contributed by atoms with Crippen LogP contribution in [0.4, 0.5) is 10.5 Å². The molecule has 0 spiro atoms. The van der Waals surface area contributed by atoms with Crippen LogP contribution < -0.4 is 9.22 Å². The van der Waals surface area contributed by atoms with Crippen LogP contribution in [-0.2, 0) is 0 Å². The van der Waals surface area contributed by atoms with Gasteiger partial charge in [0.2, 0.25) is 0 Å². The van der Waals surface area contributed by atoms with Crippen molar-refractivity contribution in [2.24, 2.45) is 0 Å². The Kier molecular flexibility index (Phi) is 5.35. The molecule has 128 valence electrons. The Morgan fingerprint density at radius 1 is 1.13 bits per heavy atom. The van der Waals surface area contributed by atoms with Gasteiger partial charge in [0.15, 0.2) is 11.4 Å². The molecule has 0 radical (unpaired) electrons. The van der Waals surface area contributed by atoms with Crippen LogP contribution in [0.3, 0.4) is 0 Å². The number of hydrogen-bond acceptors (Lipinski definition) is 2. The number of amides is 1. The maximum Gasteiger partial charge on any atom is 0.415 e. The largest absolute Gasteiger partial charge is 0.415 e. The smallest absolute Gasteiger partial charge is 0.403 e. The number of rotatable bonds is 3. The molecule has 0 unspecified atom stereocenters. The number of piperidine rings is 1. The molecule has 1 aromatic rings. The third-order valence-electron chi connectivity index (χ3n) is 4.46. The molecule has 0 bridgehead atoms. The number of nitrogens with zero attached hydrogens (tertiary/aromatic N) is 2. The fourth-order valence-corrected chi connectivity index (χ4v) is 3.20. The summed E-state index contributed by atoms with van der Waals surface area (Å²) in [4.78, 5) is 14.4. The molecule has 0 aromatic heterocycles. The SMILES string of the molecule is Cc1ccc(C(C)C)c([N+](C)(C)C)c1OC(=O)N1CCCCC1. The van der Waals surface area contributed by atoms with Gasteiger partial charge in [-0.3, -0.25) is 4.48 Å². The highest BCUT2D eigenvalue weighted by Gasteiger charge is 2.29. The first-order valence-electron chi connectivity index (χ1n) is 8.64. The van der Waals surface area contributed by atoms with Crippen molar-refractivity contribution in [3.8, 4) is 5.75 Å². The van der Waals surface area contributed by atoms with Crippen LogP contribution in [0.2, 0.25) is 0 Å². The molecule has 4 heteroatoms. The zero-order chi connectivity index (χ0) is 17.2. The van der Waals surface area contributed by atoms with Gasteiger partial charge in [0.1, 0.15) is 0 Å². The molecule has 1 amide bonds. The van der Waals surface area contributed by atoms with Crippen LogP contribution in [0.15, 0.2) is 12.1 Å². The second-order valence-corrected chi connectivity index (χ2v) is 7.73. The molecule has 1 fully saturated rings. The highest BCUT2D eigenvalue weighted by Crippen LogP contribution is 2.40. The molecule has 0 saturated carbocycles. The molecule has 4 nitrogen and oxygen atoms in total. The molecule has 0 aliphatic carbocycles. The Bertz CT molecular complexity index is 567. The summed E-state index contributed by atoms with van der Waals surface area (Å²) in [6.45, 7) is 7.99. The fraction of sp³-hybridized carbons (Fsp3) is 0.632. The van der Waals surface area contributed by atoms with Gasteiger partial charge in [-0.15, -0.1) is 0 Å². The first-order valence-corrected chi connectivity index (χ1v) is 8.64. The lowest BCUT2D eigenvalue weighted by atomic mass is 9.97. The topological polar surface area (TPSA) is 29.5 Å². The number of hydrogen-bond donors (Lipinski definition) is 0. The van der Waals surface area contributed by atoms with Crippen molar-refractivity contribution < 1.29 is 9.53 Å². The van der Waals surface area contributed by atoms with E-state index < -0.39 is 0 Å². The van der Waals surface area contributed by atoms with E-state index in [9.17, 15) is 4.79 Å². The summed E-state index contributed by atoms with van der Waals surface area (Å²) >= 11 is 0. The van der Waals surface area contributed by atoms with Gasteiger partial charge in [0.25, 0.3) is 0 Å². The van der Waals surface area contributed by atoms with Crippen molar-refractivity contribution in [2.45, 2.75) is 46.0 Å². The van der Waals surface area contributed by atoms with E-state index in [1.165, 1.54) is 12.0 Å². The van der Waals surface area contributed by atoms with E-state index in [0.29, 0.717) is 10.4 Å². The second kappa shape index (κ2) is 6.91. The number of quaternary nitrogens is 1. The van der Waals surface area contributed by atoms with Crippen molar-refractivity contribution in [2.75, 3.05) is 34.2 Å². The van der Waals surface area contributed by atoms with E-state index in [1.54, 1.807) is 0 Å². The van der Waals surface area contributed by atoms with Crippen LogP contribution in [-0.4, -0.2) is 45.2 Å². The zero-order valence-electron chi connectivity index (χ0n) is 15.5. The van der Waals surface area contributed by atoms with Crippen molar-refractivity contribution in [3.63, 3.8) is 0 Å². The van der Waals surface area contributed by atoms with E-state index in [-0.39, 0.29) is 6.09 Å². The van der Waals surface area contributed by atoms with Gasteiger partial charge in [-0.05, 0) is 37.7 Å². The predicted molar refractivity (Wildman–Crippen MR) is 96.3 cm³/mol. The molecule has 1 aliphatic rings. The standard InChI is InChI=1S/C19H31N2O2/c1-14(2)16-11-10-15(3)18(17(16)21(4,5)6)23-19(22)20-12-8-7-9-13-20/h10-11,14H,7-9,12-13H2,1-6H3/q+1. The number of carbonyl (C=O) groups excluding carboxylic acids is 1. The number of aryl methyl sites for hydroxylation is 1. The van der Waals surface area contributed by atoms with Gasteiger partial charge < -0.3 is 9.64 Å². The third kappa shape index (κ3) is 4.05. The van der Waals surface area contributed by atoms with Crippen LogP contribution in [0, 0.1) is 6.92 Å². The van der Waals surface area contributed by atoms with Gasteiger partial charge >= 0.3 is 6.09 Å². The Hall–Kier alpha value is -1.55. The van der Waals surface area contributed by atoms with E-state index in [0.717, 1.165) is 42.9 Å². The first-order chi connectivity index (χ1) is 10.7. The quantitative estimate of drug-likeness (QED) is 0.777. The van der Waals surface area contributed by atoms with Crippen LogP contribution >= 0.6 is 0 Å². The minimum atomic E-state index is -0.205. The van der Waals surface area contributed by atoms with Crippen molar-refractivity contribution in [3.05, 3.63) is 23.3 Å². The average Bonchev–Trinajstić information content (AvgIpc) is 2.48. The molecular weight excluding hydrogens is 288 g/mol. The monoisotopic (exact) mass is 319 g/mol. The maximum atomic E-state index is 12.6. The lowest BCUT2D eigenvalue weighted by molar-refractivity contribution is 0.142. The summed E-state index contributed by atoms with van der Waals surface area (Å²) in [6.07, 6.45) is 3.14. The van der Waals surface area contributed by atoms with Crippen molar-refractivity contribution in [1.82, 2.24) is 9.38 Å². The molecule has 1 heterocycles. The Morgan fingerprint density at radius 2 is 1.74 bits per heavy atom. The molecular formula is C19H31N2O2+. The maximum absolute atomic E-state index is 12.6. The third-order valence-corrected chi connectivity index (χ3v) is 4.46. The van der Waals surface area contributed by atoms with Gasteiger partial charge in [0.05, 0.1) is 21.1 Å². The van der Waals surface area contributed by atoms with Gasteiger partial charge in [0, 0.05) is 18.7 Å². The van der Waals surface area contributed by atoms with Crippen LogP contribution in [0.5, 0.6) is 5.75 Å². The number of benzene rings is 1. The van der Waals surface area contributed by atoms with E-state index >= 15 is 0 Å². The lowest BCUT2D eigenvalue weighted by Gasteiger charge is -2.31. The average molecular weight is 319 g/mol. The Morgan fingerprint density at radius 3 is 2.26 bits per heavy atom. The Balaban J connectivity index is 2.40. The number of likely N-dealkylation sites (tertiary alicyclic amines) is 1. The summed E-state index contributed by atoms with van der Waals surface area (Å²) in [5.74, 6) is 1.12. The molecule has 0 N–H and O–H groups in total. The lowest BCUT2D eigenvalue weighted by Crippen LogP contribution is -2.40. The summed E-state index contributed by atoms with van der Waals surface area (Å²) in [6, 6.07) is 4.23. The molecule has 2 rings (SSSR count). The Labute approximate surface area is 140 Å². The summed E-state index contributed by atoms with van der Waals surface area (Å²) in [5, 5.41) is 0. The predicted octanol–water partition coefficient (Wildman–Crippen LogP) is 4.30. The normalized spacial score (nSPS) is 15.9. The van der Waals surface area contributed by atoms with E-state index in [2.05, 4.69) is 47.1 Å². The molecule has 23 heavy (non-hydrogen) atoms. The highest BCUT2D eigenvalue weighted by molar-refractivity contribution is 5.76. The number of carbonyl (C=O) groups is 1. The number of ether oxygens (including phenoxy) is 1. The minimum Gasteiger partial charge on any atom is -0.403 e. The van der Waals surface area contributed by atoms with Crippen molar-refractivity contribution in [1.29, 1.82) is 0 Å². The van der Waals surface area contributed by atoms with E-state index in [1.807, 2.05) is 11.8 Å². The molecule has 1 aliphatic heterocycles. The summed E-state index contributed by atoms with van der Waals surface area (Å²) < 4.78 is 6.54. The molecule has 0 atom stereocenters. The highest BCUT2D eigenvalue weighted by atomic mass is 16.6. The molecule has 1 saturated heterocycles. The minimum absolute atomic E-state index is 0.205. The zero-order valence-corrected chi connectivity index (χ0v) is 15.5. The summed E-state index contributed by atoms with van der Waals surface area (Å²) in [7, 11) is 6.37. The van der Waals surface area contributed by atoms with Crippen LogP contribution in [0.1, 0.15) is 50.2 Å². The first kappa shape index (κ1) is 17.8. The second-order valence-electron chi connectivity index (χ2n) is 7.73. The van der Waals surface area contributed by atoms with Crippen LogP contribution in [0.25, 0.3) is 0 Å². The van der Waals surface area contributed by atoms with Gasteiger partial charge in [-0.1, -0.05) is 26.0 Å². The molecule has 1 aromatic carbocycles.